The number of hydrogen-bond donors (Lipinski definition) is 1. The standard InChI is InChI=1S/C16H12N2O3.C3H8.C2H6/c1-18-13-8-3-2-7-12(13)14(15(18)19)17-11-6-4-5-10(9-11)16(20)21;1-3-2;1-2/h2-9H,1H3,(H,20,21);3H2,1-2H3;1-2H3. The molecule has 0 bridgehead atoms. The molecule has 5 nitrogen and oxygen atoms in total. The number of amides is 1. The van der Waals surface area contributed by atoms with Crippen LogP contribution in [0.3, 0.4) is 0 Å². The molecule has 1 heterocycles. The third-order valence-corrected chi connectivity index (χ3v) is 3.36. The van der Waals surface area contributed by atoms with E-state index in [2.05, 4.69) is 18.8 Å². The molecule has 1 aliphatic heterocycles. The molecule has 1 N–H and O–H groups in total. The highest BCUT2D eigenvalue weighted by molar-refractivity contribution is 6.54. The van der Waals surface area contributed by atoms with E-state index in [9.17, 15) is 9.59 Å². The van der Waals surface area contributed by atoms with Gasteiger partial charge in [-0.1, -0.05) is 58.4 Å². The maximum Gasteiger partial charge on any atom is 0.335 e. The van der Waals surface area contributed by atoms with Crippen LogP contribution in [0.2, 0.25) is 0 Å². The Morgan fingerprint density at radius 2 is 1.69 bits per heavy atom. The number of fused-ring (bicyclic) bond motifs is 1. The summed E-state index contributed by atoms with van der Waals surface area (Å²) in [5, 5.41) is 9.00. The van der Waals surface area contributed by atoms with Crippen molar-refractivity contribution in [2.75, 3.05) is 11.9 Å². The SMILES string of the molecule is CC.CCC.CN1C(=O)C(=Nc2cccc(C(=O)O)c2)c2ccccc21. The Balaban J connectivity index is 0.000000615. The molecule has 138 valence electrons. The number of aromatic carboxylic acids is 1. The van der Waals surface area contributed by atoms with Crippen molar-refractivity contribution >= 4 is 29.0 Å². The fraction of sp³-hybridized carbons (Fsp3) is 0.286. The van der Waals surface area contributed by atoms with E-state index in [1.165, 1.54) is 23.5 Å². The van der Waals surface area contributed by atoms with Gasteiger partial charge in [0, 0.05) is 12.6 Å². The molecule has 0 atom stereocenters. The van der Waals surface area contributed by atoms with E-state index in [1.807, 2.05) is 38.1 Å². The Hall–Kier alpha value is -2.95. The second-order valence-corrected chi connectivity index (χ2v) is 5.40. The van der Waals surface area contributed by atoms with E-state index in [4.69, 9.17) is 5.11 Å². The van der Waals surface area contributed by atoms with Crippen molar-refractivity contribution < 1.29 is 14.7 Å². The molecule has 0 aliphatic carbocycles. The zero-order valence-corrected chi connectivity index (χ0v) is 16.0. The van der Waals surface area contributed by atoms with Crippen LogP contribution in [0.4, 0.5) is 11.4 Å². The van der Waals surface area contributed by atoms with Crippen molar-refractivity contribution in [3.63, 3.8) is 0 Å². The molecule has 0 spiro atoms. The highest BCUT2D eigenvalue weighted by Gasteiger charge is 2.30. The number of likely N-dealkylation sites (N-methyl/N-ethyl adjacent to an activating group) is 1. The molecular formula is C21H26N2O3. The lowest BCUT2D eigenvalue weighted by molar-refractivity contribution is -0.111. The smallest absolute Gasteiger partial charge is 0.335 e. The van der Waals surface area contributed by atoms with Gasteiger partial charge < -0.3 is 10.0 Å². The molecule has 1 aliphatic rings. The molecule has 0 unspecified atom stereocenters. The summed E-state index contributed by atoms with van der Waals surface area (Å²) in [7, 11) is 1.69. The Morgan fingerprint density at radius 1 is 1.08 bits per heavy atom. The van der Waals surface area contributed by atoms with Gasteiger partial charge >= 0.3 is 5.97 Å². The minimum absolute atomic E-state index is 0.143. The third kappa shape index (κ3) is 4.79. The average molecular weight is 354 g/mol. The highest BCUT2D eigenvalue weighted by Crippen LogP contribution is 2.29. The molecule has 0 radical (unpaired) electrons. The zero-order chi connectivity index (χ0) is 19.7. The van der Waals surface area contributed by atoms with Crippen LogP contribution in [0.25, 0.3) is 0 Å². The number of aliphatic imine (C=N–C) groups is 1. The van der Waals surface area contributed by atoms with Gasteiger partial charge in [-0.05, 0) is 24.3 Å². The fourth-order valence-corrected chi connectivity index (χ4v) is 2.30. The summed E-state index contributed by atoms with van der Waals surface area (Å²) < 4.78 is 0. The highest BCUT2D eigenvalue weighted by atomic mass is 16.4. The summed E-state index contributed by atoms with van der Waals surface area (Å²) in [4.78, 5) is 29.1. The molecule has 3 rings (SSSR count). The predicted molar refractivity (Wildman–Crippen MR) is 107 cm³/mol. The Labute approximate surface area is 155 Å². The van der Waals surface area contributed by atoms with Crippen molar-refractivity contribution in [1.82, 2.24) is 0 Å². The number of para-hydroxylation sites is 1. The first kappa shape index (κ1) is 21.1. The Kier molecular flexibility index (Phi) is 8.22. The summed E-state index contributed by atoms with van der Waals surface area (Å²) >= 11 is 0. The second-order valence-electron chi connectivity index (χ2n) is 5.40. The summed E-state index contributed by atoms with van der Waals surface area (Å²) in [6.07, 6.45) is 1.25. The third-order valence-electron chi connectivity index (χ3n) is 3.36. The molecule has 26 heavy (non-hydrogen) atoms. The minimum atomic E-state index is -1.02. The zero-order valence-electron chi connectivity index (χ0n) is 16.0. The summed E-state index contributed by atoms with van der Waals surface area (Å²) in [6.45, 7) is 8.25. The van der Waals surface area contributed by atoms with E-state index in [-0.39, 0.29) is 11.5 Å². The van der Waals surface area contributed by atoms with Crippen molar-refractivity contribution in [3.8, 4) is 0 Å². The van der Waals surface area contributed by atoms with E-state index in [1.54, 1.807) is 19.2 Å². The van der Waals surface area contributed by atoms with Gasteiger partial charge in [0.1, 0.15) is 5.71 Å². The van der Waals surface area contributed by atoms with Crippen LogP contribution in [-0.4, -0.2) is 29.7 Å². The van der Waals surface area contributed by atoms with Gasteiger partial charge in [-0.3, -0.25) is 4.79 Å². The lowest BCUT2D eigenvalue weighted by Crippen LogP contribution is -2.25. The molecule has 0 aromatic heterocycles. The average Bonchev–Trinajstić information content (AvgIpc) is 2.90. The number of rotatable bonds is 2. The monoisotopic (exact) mass is 354 g/mol. The van der Waals surface area contributed by atoms with Crippen LogP contribution < -0.4 is 4.90 Å². The lowest BCUT2D eigenvalue weighted by atomic mass is 10.1. The van der Waals surface area contributed by atoms with Crippen molar-refractivity contribution in [1.29, 1.82) is 0 Å². The first-order chi connectivity index (χ1) is 12.5. The molecule has 0 fully saturated rings. The van der Waals surface area contributed by atoms with Gasteiger partial charge in [0.15, 0.2) is 0 Å². The molecule has 1 amide bonds. The number of benzene rings is 2. The molecule has 2 aromatic carbocycles. The van der Waals surface area contributed by atoms with Gasteiger partial charge in [0.05, 0.1) is 16.9 Å². The van der Waals surface area contributed by atoms with E-state index in [0.717, 1.165) is 11.3 Å². The summed E-state index contributed by atoms with van der Waals surface area (Å²) in [5.74, 6) is -1.22. The van der Waals surface area contributed by atoms with Crippen LogP contribution in [0.5, 0.6) is 0 Å². The summed E-state index contributed by atoms with van der Waals surface area (Å²) in [5.41, 5.74) is 2.48. The van der Waals surface area contributed by atoms with E-state index >= 15 is 0 Å². The van der Waals surface area contributed by atoms with Gasteiger partial charge in [-0.15, -0.1) is 0 Å². The maximum atomic E-state index is 12.3. The predicted octanol–water partition coefficient (Wildman–Crippen LogP) is 4.92. The minimum Gasteiger partial charge on any atom is -0.478 e. The Morgan fingerprint density at radius 3 is 2.31 bits per heavy atom. The first-order valence-electron chi connectivity index (χ1n) is 8.79. The Bertz CT molecular complexity index is 797. The maximum absolute atomic E-state index is 12.3. The quantitative estimate of drug-likeness (QED) is 0.832. The van der Waals surface area contributed by atoms with Gasteiger partial charge in [0.25, 0.3) is 5.91 Å². The number of nitrogens with zero attached hydrogens (tertiary/aromatic N) is 2. The van der Waals surface area contributed by atoms with Crippen LogP contribution in [0.1, 0.15) is 50.0 Å². The molecular weight excluding hydrogens is 328 g/mol. The van der Waals surface area contributed by atoms with Crippen LogP contribution in [0.15, 0.2) is 53.5 Å². The van der Waals surface area contributed by atoms with Gasteiger partial charge in [-0.25, -0.2) is 9.79 Å². The molecule has 2 aromatic rings. The topological polar surface area (TPSA) is 70.0 Å². The normalized spacial score (nSPS) is 13.3. The van der Waals surface area contributed by atoms with Crippen LogP contribution in [0, 0.1) is 0 Å². The first-order valence-corrected chi connectivity index (χ1v) is 8.79. The number of carbonyl (C=O) groups is 2. The number of hydrogen-bond acceptors (Lipinski definition) is 3. The van der Waals surface area contributed by atoms with Gasteiger partial charge in [-0.2, -0.15) is 0 Å². The van der Waals surface area contributed by atoms with Crippen LogP contribution in [-0.2, 0) is 4.79 Å². The fourth-order valence-electron chi connectivity index (χ4n) is 2.30. The van der Waals surface area contributed by atoms with Gasteiger partial charge in [0.2, 0.25) is 0 Å². The molecule has 5 heteroatoms. The molecule has 0 saturated heterocycles. The van der Waals surface area contributed by atoms with Crippen molar-refractivity contribution in [2.24, 2.45) is 4.99 Å². The lowest BCUT2D eigenvalue weighted by Gasteiger charge is -2.07. The number of carboxylic acids is 1. The van der Waals surface area contributed by atoms with Crippen molar-refractivity contribution in [3.05, 3.63) is 59.7 Å². The number of carbonyl (C=O) groups excluding carboxylic acids is 1. The second kappa shape index (κ2) is 10.1. The largest absolute Gasteiger partial charge is 0.478 e. The van der Waals surface area contributed by atoms with E-state index in [0.29, 0.717) is 11.4 Å². The van der Waals surface area contributed by atoms with Crippen molar-refractivity contribution in [2.45, 2.75) is 34.1 Å². The van der Waals surface area contributed by atoms with E-state index < -0.39 is 5.97 Å². The molecule has 0 saturated carbocycles. The summed E-state index contributed by atoms with van der Waals surface area (Å²) in [6, 6.07) is 13.6. The number of carboxylic acid groups (broad SMARTS) is 1. The number of anilines is 1. The van der Waals surface area contributed by atoms with Crippen LogP contribution >= 0.6 is 0 Å².